The van der Waals surface area contributed by atoms with Crippen molar-refractivity contribution in [1.82, 2.24) is 5.32 Å². The number of alkyl halides is 2. The molecule has 1 unspecified atom stereocenters. The summed E-state index contributed by atoms with van der Waals surface area (Å²) in [7, 11) is 0. The molecule has 2 rings (SSSR count). The van der Waals surface area contributed by atoms with Gasteiger partial charge in [0, 0.05) is 6.42 Å². The van der Waals surface area contributed by atoms with Gasteiger partial charge in [0.05, 0.1) is 19.3 Å². The number of nitrogens with one attached hydrogen (secondary N) is 1. The van der Waals surface area contributed by atoms with Crippen molar-refractivity contribution in [2.24, 2.45) is 0 Å². The molecule has 1 aliphatic rings. The predicted octanol–water partition coefficient (Wildman–Crippen LogP) is 2.76. The zero-order chi connectivity index (χ0) is 13.0. The van der Waals surface area contributed by atoms with Crippen molar-refractivity contribution in [3.05, 3.63) is 23.8 Å². The van der Waals surface area contributed by atoms with Crippen molar-refractivity contribution in [3.63, 3.8) is 0 Å². The standard InChI is InChI=1S/C13H17F2NO2/c1-2-16-12(13(14)15)9-4-5-10-11(8-9)18-7-3-6-17-10/h4-5,8,12-13,16H,2-3,6-7H2,1H3. The molecule has 0 aromatic heterocycles. The number of fused-ring (bicyclic) bond motifs is 1. The van der Waals surface area contributed by atoms with E-state index in [2.05, 4.69) is 5.32 Å². The van der Waals surface area contributed by atoms with Crippen molar-refractivity contribution in [2.75, 3.05) is 19.8 Å². The maximum absolute atomic E-state index is 12.9. The van der Waals surface area contributed by atoms with Crippen molar-refractivity contribution in [3.8, 4) is 11.5 Å². The molecule has 0 bridgehead atoms. The molecule has 1 atom stereocenters. The second-order valence-electron chi connectivity index (χ2n) is 4.13. The van der Waals surface area contributed by atoms with E-state index in [1.54, 1.807) is 25.1 Å². The van der Waals surface area contributed by atoms with Crippen LogP contribution in [0, 0.1) is 0 Å². The van der Waals surface area contributed by atoms with Gasteiger partial charge in [0.1, 0.15) is 0 Å². The second kappa shape index (κ2) is 6.00. The lowest BCUT2D eigenvalue weighted by Gasteiger charge is -2.18. The van der Waals surface area contributed by atoms with E-state index in [9.17, 15) is 8.78 Å². The Kier molecular flexibility index (Phi) is 4.36. The van der Waals surface area contributed by atoms with Crippen LogP contribution in [-0.2, 0) is 0 Å². The lowest BCUT2D eigenvalue weighted by molar-refractivity contribution is 0.0991. The minimum atomic E-state index is -2.45. The van der Waals surface area contributed by atoms with E-state index in [0.717, 1.165) is 6.42 Å². The number of hydrogen-bond donors (Lipinski definition) is 1. The van der Waals surface area contributed by atoms with E-state index in [0.29, 0.717) is 36.8 Å². The molecular formula is C13H17F2NO2. The van der Waals surface area contributed by atoms with Gasteiger partial charge in [-0.05, 0) is 24.2 Å². The molecule has 0 aliphatic carbocycles. The van der Waals surface area contributed by atoms with E-state index in [1.807, 2.05) is 0 Å². The fourth-order valence-electron chi connectivity index (χ4n) is 1.95. The van der Waals surface area contributed by atoms with Crippen LogP contribution in [0.4, 0.5) is 8.78 Å². The Hall–Kier alpha value is -1.36. The van der Waals surface area contributed by atoms with Gasteiger partial charge >= 0.3 is 0 Å². The summed E-state index contributed by atoms with van der Waals surface area (Å²) in [6.45, 7) is 3.44. The average Bonchev–Trinajstić information content (AvgIpc) is 2.59. The van der Waals surface area contributed by atoms with Gasteiger partial charge in [-0.3, -0.25) is 0 Å². The third-order valence-corrected chi connectivity index (χ3v) is 2.81. The van der Waals surface area contributed by atoms with Crippen LogP contribution in [0.3, 0.4) is 0 Å². The molecule has 0 saturated carbocycles. The molecule has 3 nitrogen and oxygen atoms in total. The third-order valence-electron chi connectivity index (χ3n) is 2.81. The first-order chi connectivity index (χ1) is 8.72. The summed E-state index contributed by atoms with van der Waals surface area (Å²) in [5, 5.41) is 2.77. The molecule has 1 N–H and O–H groups in total. The van der Waals surface area contributed by atoms with Crippen molar-refractivity contribution < 1.29 is 18.3 Å². The molecule has 1 aromatic carbocycles. The topological polar surface area (TPSA) is 30.5 Å². The Morgan fingerprint density at radius 1 is 1.22 bits per heavy atom. The molecule has 0 saturated heterocycles. The van der Waals surface area contributed by atoms with Gasteiger partial charge in [-0.15, -0.1) is 0 Å². The van der Waals surface area contributed by atoms with Crippen LogP contribution in [0.2, 0.25) is 0 Å². The third kappa shape index (κ3) is 2.90. The molecule has 0 amide bonds. The summed E-state index contributed by atoms with van der Waals surface area (Å²) in [4.78, 5) is 0. The first-order valence-electron chi connectivity index (χ1n) is 6.13. The molecule has 100 valence electrons. The Morgan fingerprint density at radius 3 is 2.61 bits per heavy atom. The minimum absolute atomic E-state index is 0.490. The lowest BCUT2D eigenvalue weighted by atomic mass is 10.1. The summed E-state index contributed by atoms with van der Waals surface area (Å²) in [6.07, 6.45) is -1.65. The summed E-state index contributed by atoms with van der Waals surface area (Å²) in [5.74, 6) is 1.18. The predicted molar refractivity (Wildman–Crippen MR) is 64.5 cm³/mol. The molecule has 0 fully saturated rings. The normalized spacial score (nSPS) is 16.4. The van der Waals surface area contributed by atoms with E-state index in [1.165, 1.54) is 0 Å². The summed E-state index contributed by atoms with van der Waals surface area (Å²) >= 11 is 0. The monoisotopic (exact) mass is 257 g/mol. The van der Waals surface area contributed by atoms with E-state index in [4.69, 9.17) is 9.47 Å². The molecule has 1 aliphatic heterocycles. The number of rotatable bonds is 4. The average molecular weight is 257 g/mol. The van der Waals surface area contributed by atoms with Crippen molar-refractivity contribution in [1.29, 1.82) is 0 Å². The SMILES string of the molecule is CCNC(c1ccc2c(c1)OCCCO2)C(F)F. The van der Waals surface area contributed by atoms with Gasteiger partial charge in [0.15, 0.2) is 11.5 Å². The minimum Gasteiger partial charge on any atom is -0.490 e. The van der Waals surface area contributed by atoms with E-state index < -0.39 is 12.5 Å². The highest BCUT2D eigenvalue weighted by Gasteiger charge is 2.23. The molecule has 5 heteroatoms. The molecule has 0 radical (unpaired) electrons. The highest BCUT2D eigenvalue weighted by atomic mass is 19.3. The lowest BCUT2D eigenvalue weighted by Crippen LogP contribution is -2.27. The smallest absolute Gasteiger partial charge is 0.257 e. The maximum Gasteiger partial charge on any atom is 0.257 e. The number of hydrogen-bond acceptors (Lipinski definition) is 3. The van der Waals surface area contributed by atoms with Crippen LogP contribution >= 0.6 is 0 Å². The van der Waals surface area contributed by atoms with Gasteiger partial charge in [0.25, 0.3) is 6.43 Å². The fraction of sp³-hybridized carbons (Fsp3) is 0.538. The zero-order valence-electron chi connectivity index (χ0n) is 10.3. The Morgan fingerprint density at radius 2 is 1.94 bits per heavy atom. The van der Waals surface area contributed by atoms with Gasteiger partial charge in [-0.25, -0.2) is 8.78 Å². The van der Waals surface area contributed by atoms with Crippen LogP contribution in [0.1, 0.15) is 24.9 Å². The highest BCUT2D eigenvalue weighted by molar-refractivity contribution is 5.44. The van der Waals surface area contributed by atoms with Gasteiger partial charge in [-0.2, -0.15) is 0 Å². The van der Waals surface area contributed by atoms with Crippen LogP contribution in [0.5, 0.6) is 11.5 Å². The molecule has 18 heavy (non-hydrogen) atoms. The quantitative estimate of drug-likeness (QED) is 0.899. The van der Waals surface area contributed by atoms with E-state index in [-0.39, 0.29) is 0 Å². The van der Waals surface area contributed by atoms with Crippen LogP contribution in [-0.4, -0.2) is 26.2 Å². The van der Waals surface area contributed by atoms with Gasteiger partial charge in [-0.1, -0.05) is 13.0 Å². The van der Waals surface area contributed by atoms with Gasteiger partial charge in [0.2, 0.25) is 0 Å². The molecule has 0 spiro atoms. The Balaban J connectivity index is 2.25. The van der Waals surface area contributed by atoms with Crippen LogP contribution in [0.25, 0.3) is 0 Å². The first-order valence-corrected chi connectivity index (χ1v) is 6.13. The number of ether oxygens (including phenoxy) is 2. The van der Waals surface area contributed by atoms with Crippen LogP contribution < -0.4 is 14.8 Å². The number of halogens is 2. The first kappa shape index (κ1) is 13.1. The van der Waals surface area contributed by atoms with Crippen LogP contribution in [0.15, 0.2) is 18.2 Å². The molecular weight excluding hydrogens is 240 g/mol. The van der Waals surface area contributed by atoms with E-state index >= 15 is 0 Å². The van der Waals surface area contributed by atoms with Crippen molar-refractivity contribution >= 4 is 0 Å². The summed E-state index contributed by atoms with van der Waals surface area (Å²) < 4.78 is 36.9. The largest absolute Gasteiger partial charge is 0.490 e. The molecule has 1 aromatic rings. The fourth-order valence-corrected chi connectivity index (χ4v) is 1.95. The Bertz CT molecular complexity index is 399. The second-order valence-corrected chi connectivity index (χ2v) is 4.13. The zero-order valence-corrected chi connectivity index (χ0v) is 10.3. The summed E-state index contributed by atoms with van der Waals surface area (Å²) in [5.41, 5.74) is 0.524. The maximum atomic E-state index is 12.9. The van der Waals surface area contributed by atoms with Gasteiger partial charge < -0.3 is 14.8 Å². The Labute approximate surface area is 105 Å². The molecule has 1 heterocycles. The van der Waals surface area contributed by atoms with Crippen molar-refractivity contribution in [2.45, 2.75) is 25.8 Å². The summed E-state index contributed by atoms with van der Waals surface area (Å²) in [6, 6.07) is 4.03. The number of benzene rings is 1. The highest BCUT2D eigenvalue weighted by Crippen LogP contribution is 2.33.